The van der Waals surface area contributed by atoms with Crippen molar-refractivity contribution in [3.63, 3.8) is 0 Å². The minimum atomic E-state index is -0.340. The Morgan fingerprint density at radius 2 is 1.88 bits per heavy atom. The molecule has 4 aromatic rings. The van der Waals surface area contributed by atoms with E-state index in [0.717, 1.165) is 10.8 Å². The predicted molar refractivity (Wildman–Crippen MR) is 96.3 cm³/mol. The first-order valence-corrected chi connectivity index (χ1v) is 7.76. The lowest BCUT2D eigenvalue weighted by atomic mass is 10.00. The Bertz CT molecular complexity index is 1180. The van der Waals surface area contributed by atoms with E-state index in [2.05, 4.69) is 9.97 Å². The van der Waals surface area contributed by atoms with Crippen LogP contribution in [0.1, 0.15) is 15.9 Å². The van der Waals surface area contributed by atoms with Gasteiger partial charge in [0.05, 0.1) is 29.8 Å². The molecule has 0 aliphatic heterocycles. The zero-order valence-corrected chi connectivity index (χ0v) is 13.4. The van der Waals surface area contributed by atoms with Gasteiger partial charge in [-0.1, -0.05) is 36.4 Å². The van der Waals surface area contributed by atoms with E-state index in [-0.39, 0.29) is 16.8 Å². The maximum atomic E-state index is 12.8. The minimum absolute atomic E-state index is 0.0936. The molecular weight excluding hydrogens is 316 g/mol. The molecule has 0 fully saturated rings. The summed E-state index contributed by atoms with van der Waals surface area (Å²) in [5.41, 5.74) is 0.786. The van der Waals surface area contributed by atoms with Crippen molar-refractivity contribution in [1.29, 1.82) is 0 Å². The minimum Gasteiger partial charge on any atom is -0.481 e. The number of rotatable bonds is 3. The molecule has 0 spiro atoms. The molecule has 4 rings (SSSR count). The predicted octanol–water partition coefficient (Wildman–Crippen LogP) is 3.32. The molecule has 0 radical (unpaired) electrons. The summed E-state index contributed by atoms with van der Waals surface area (Å²) in [7, 11) is 1.48. The van der Waals surface area contributed by atoms with Gasteiger partial charge >= 0.3 is 0 Å². The van der Waals surface area contributed by atoms with Gasteiger partial charge in [-0.2, -0.15) is 0 Å². The standard InChI is InChI=1S/C20H14N2O3/c1-25-18-9-15-17(11-22-18)21-10-16(20(15)24)19(23)14-7-6-12-4-2-3-5-13(12)8-14/h2-11H,1H3,(H,21,24). The summed E-state index contributed by atoms with van der Waals surface area (Å²) < 4.78 is 5.06. The summed E-state index contributed by atoms with van der Waals surface area (Å²) in [5, 5.41) is 2.37. The Hall–Kier alpha value is -3.47. The number of ether oxygens (including phenoxy) is 1. The first kappa shape index (κ1) is 15.1. The number of hydrogen-bond acceptors (Lipinski definition) is 4. The van der Waals surface area contributed by atoms with Gasteiger partial charge in [-0.15, -0.1) is 0 Å². The zero-order chi connectivity index (χ0) is 17.4. The number of nitrogens with one attached hydrogen (secondary N) is 1. The number of pyridine rings is 2. The number of nitrogens with zero attached hydrogens (tertiary/aromatic N) is 1. The fourth-order valence-corrected chi connectivity index (χ4v) is 2.87. The third-order valence-electron chi connectivity index (χ3n) is 4.21. The molecule has 0 aliphatic carbocycles. The van der Waals surface area contributed by atoms with Crippen LogP contribution in [-0.2, 0) is 0 Å². The molecule has 0 aliphatic rings. The fraction of sp³-hybridized carbons (Fsp3) is 0.0500. The van der Waals surface area contributed by atoms with E-state index in [9.17, 15) is 9.59 Å². The van der Waals surface area contributed by atoms with E-state index in [1.807, 2.05) is 30.3 Å². The number of aromatic amines is 1. The average molecular weight is 330 g/mol. The molecule has 0 unspecified atom stereocenters. The second kappa shape index (κ2) is 5.87. The Kier molecular flexibility index (Phi) is 3.54. The highest BCUT2D eigenvalue weighted by Crippen LogP contribution is 2.19. The fourth-order valence-electron chi connectivity index (χ4n) is 2.87. The van der Waals surface area contributed by atoms with E-state index in [1.165, 1.54) is 25.6 Å². The largest absolute Gasteiger partial charge is 0.481 e. The average Bonchev–Trinajstić information content (AvgIpc) is 2.67. The van der Waals surface area contributed by atoms with Crippen LogP contribution in [0.3, 0.4) is 0 Å². The molecule has 0 atom stereocenters. The molecular formula is C20H14N2O3. The van der Waals surface area contributed by atoms with Crippen molar-refractivity contribution >= 4 is 27.5 Å². The molecule has 25 heavy (non-hydrogen) atoms. The quantitative estimate of drug-likeness (QED) is 0.585. The van der Waals surface area contributed by atoms with Crippen LogP contribution in [0.5, 0.6) is 5.88 Å². The van der Waals surface area contributed by atoms with Crippen molar-refractivity contribution in [3.05, 3.63) is 82.3 Å². The van der Waals surface area contributed by atoms with Crippen LogP contribution in [0.15, 0.2) is 65.7 Å². The third-order valence-corrected chi connectivity index (χ3v) is 4.21. The van der Waals surface area contributed by atoms with Gasteiger partial charge in [0.25, 0.3) is 0 Å². The number of fused-ring (bicyclic) bond motifs is 2. The maximum Gasteiger partial charge on any atom is 0.213 e. The summed E-state index contributed by atoms with van der Waals surface area (Å²) in [4.78, 5) is 32.6. The van der Waals surface area contributed by atoms with Crippen LogP contribution in [0.25, 0.3) is 21.7 Å². The molecule has 2 aromatic carbocycles. The molecule has 0 saturated heterocycles. The van der Waals surface area contributed by atoms with Gasteiger partial charge in [0.15, 0.2) is 5.78 Å². The SMILES string of the molecule is COc1cc2c(=O)c(C(=O)c3ccc4ccccc4c3)c[nH]c2cn1. The molecule has 0 bridgehead atoms. The van der Waals surface area contributed by atoms with Gasteiger partial charge in [-0.3, -0.25) is 9.59 Å². The number of H-pyrrole nitrogens is 1. The molecule has 2 heterocycles. The van der Waals surface area contributed by atoms with Gasteiger partial charge in [0.2, 0.25) is 11.3 Å². The van der Waals surface area contributed by atoms with Crippen molar-refractivity contribution in [2.75, 3.05) is 7.11 Å². The second-order valence-electron chi connectivity index (χ2n) is 5.69. The number of hydrogen-bond donors (Lipinski definition) is 1. The molecule has 0 saturated carbocycles. The molecule has 5 nitrogen and oxygen atoms in total. The zero-order valence-electron chi connectivity index (χ0n) is 13.4. The van der Waals surface area contributed by atoms with Crippen LogP contribution in [0.2, 0.25) is 0 Å². The summed E-state index contributed by atoms with van der Waals surface area (Å²) in [6, 6.07) is 14.7. The summed E-state index contributed by atoms with van der Waals surface area (Å²) >= 11 is 0. The van der Waals surface area contributed by atoms with Crippen molar-refractivity contribution in [2.45, 2.75) is 0 Å². The number of carbonyl (C=O) groups is 1. The van der Waals surface area contributed by atoms with E-state index < -0.39 is 0 Å². The maximum absolute atomic E-state index is 12.8. The van der Waals surface area contributed by atoms with E-state index in [1.54, 1.807) is 12.1 Å². The Labute approximate surface area is 142 Å². The number of carbonyl (C=O) groups excluding carboxylic acids is 1. The van der Waals surface area contributed by atoms with E-state index in [4.69, 9.17) is 4.74 Å². The molecule has 2 aromatic heterocycles. The normalized spacial score (nSPS) is 10.9. The lowest BCUT2D eigenvalue weighted by Gasteiger charge is -2.05. The highest BCUT2D eigenvalue weighted by Gasteiger charge is 2.16. The highest BCUT2D eigenvalue weighted by molar-refractivity contribution is 6.11. The summed E-state index contributed by atoms with van der Waals surface area (Å²) in [5.74, 6) is 0.0120. The van der Waals surface area contributed by atoms with Crippen LogP contribution in [-0.4, -0.2) is 22.9 Å². The van der Waals surface area contributed by atoms with Gasteiger partial charge < -0.3 is 9.72 Å². The Balaban J connectivity index is 1.86. The topological polar surface area (TPSA) is 72.1 Å². The Morgan fingerprint density at radius 1 is 1.08 bits per heavy atom. The molecule has 1 N–H and O–H groups in total. The van der Waals surface area contributed by atoms with Crippen molar-refractivity contribution in [3.8, 4) is 5.88 Å². The summed E-state index contributed by atoms with van der Waals surface area (Å²) in [6.45, 7) is 0. The van der Waals surface area contributed by atoms with Crippen molar-refractivity contribution in [1.82, 2.24) is 9.97 Å². The first-order valence-electron chi connectivity index (χ1n) is 7.76. The number of benzene rings is 2. The molecule has 0 amide bonds. The van der Waals surface area contributed by atoms with Gasteiger partial charge in [-0.25, -0.2) is 4.98 Å². The Morgan fingerprint density at radius 3 is 2.68 bits per heavy atom. The van der Waals surface area contributed by atoms with E-state index in [0.29, 0.717) is 22.3 Å². The lowest BCUT2D eigenvalue weighted by molar-refractivity contribution is 0.103. The lowest BCUT2D eigenvalue weighted by Crippen LogP contribution is -2.17. The summed E-state index contributed by atoms with van der Waals surface area (Å²) in [6.07, 6.45) is 2.95. The van der Waals surface area contributed by atoms with Crippen LogP contribution in [0, 0.1) is 0 Å². The smallest absolute Gasteiger partial charge is 0.213 e. The second-order valence-corrected chi connectivity index (χ2v) is 5.69. The van der Waals surface area contributed by atoms with Crippen LogP contribution < -0.4 is 10.2 Å². The van der Waals surface area contributed by atoms with Crippen LogP contribution in [0.4, 0.5) is 0 Å². The molecule has 5 heteroatoms. The first-order chi connectivity index (χ1) is 12.2. The van der Waals surface area contributed by atoms with Gasteiger partial charge in [-0.05, 0) is 16.8 Å². The monoisotopic (exact) mass is 330 g/mol. The van der Waals surface area contributed by atoms with Crippen LogP contribution >= 0.6 is 0 Å². The van der Waals surface area contributed by atoms with Gasteiger partial charge in [0.1, 0.15) is 0 Å². The molecule has 122 valence electrons. The van der Waals surface area contributed by atoms with Crippen molar-refractivity contribution in [2.24, 2.45) is 0 Å². The van der Waals surface area contributed by atoms with Gasteiger partial charge in [0, 0.05) is 17.8 Å². The number of ketones is 1. The third kappa shape index (κ3) is 2.55. The van der Waals surface area contributed by atoms with Crippen molar-refractivity contribution < 1.29 is 9.53 Å². The highest BCUT2D eigenvalue weighted by atomic mass is 16.5. The number of methoxy groups -OCH3 is 1. The van der Waals surface area contributed by atoms with E-state index >= 15 is 0 Å². The number of aromatic nitrogens is 2.